The second-order valence-electron chi connectivity index (χ2n) is 4.04. The van der Waals surface area contributed by atoms with Crippen molar-refractivity contribution < 1.29 is 4.74 Å². The Hall–Kier alpha value is -1.87. The molecule has 2 rings (SSSR count). The Morgan fingerprint density at radius 2 is 1.89 bits per heavy atom. The van der Waals surface area contributed by atoms with Gasteiger partial charge < -0.3 is 15.8 Å². The second-order valence-corrected chi connectivity index (χ2v) is 4.47. The van der Waals surface area contributed by atoms with Gasteiger partial charge in [0.2, 0.25) is 0 Å². The smallest absolute Gasteiger partial charge is 0.121 e. The molecule has 2 aromatic rings. The van der Waals surface area contributed by atoms with Gasteiger partial charge in [-0.2, -0.15) is 0 Å². The molecule has 0 unspecified atom stereocenters. The average Bonchev–Trinajstić information content (AvgIpc) is 2.36. The highest BCUT2D eigenvalue weighted by molar-refractivity contribution is 6.30. The molecule has 0 atom stereocenters. The van der Waals surface area contributed by atoms with E-state index in [0.717, 1.165) is 22.7 Å². The van der Waals surface area contributed by atoms with Crippen LogP contribution in [0.15, 0.2) is 36.4 Å². The minimum atomic E-state index is 0.633. The maximum Gasteiger partial charge on any atom is 0.121 e. The fraction of sp³-hybridized carbons (Fsp3) is 0.143. The van der Waals surface area contributed by atoms with Crippen LogP contribution in [0.4, 0.5) is 17.1 Å². The lowest BCUT2D eigenvalue weighted by Gasteiger charge is -2.13. The van der Waals surface area contributed by atoms with Gasteiger partial charge in [0.05, 0.1) is 18.5 Å². The third-order valence-electron chi connectivity index (χ3n) is 2.73. The molecule has 4 heteroatoms. The lowest BCUT2D eigenvalue weighted by molar-refractivity contribution is 0.415. The summed E-state index contributed by atoms with van der Waals surface area (Å²) in [6, 6.07) is 11.2. The summed E-state index contributed by atoms with van der Waals surface area (Å²) in [5.41, 5.74) is 9.47. The number of rotatable bonds is 3. The maximum atomic E-state index is 5.98. The van der Waals surface area contributed by atoms with Crippen LogP contribution in [0.1, 0.15) is 5.56 Å². The first-order valence-corrected chi connectivity index (χ1v) is 5.94. The molecule has 0 saturated heterocycles. The number of hydrogen-bond acceptors (Lipinski definition) is 3. The predicted octanol–water partition coefficient (Wildman–Crippen LogP) is 3.98. The molecular formula is C14H15ClN2O. The lowest BCUT2D eigenvalue weighted by atomic mass is 10.2. The largest absolute Gasteiger partial charge is 0.497 e. The first kappa shape index (κ1) is 12.6. The molecule has 0 amide bonds. The van der Waals surface area contributed by atoms with Crippen LogP contribution >= 0.6 is 11.6 Å². The van der Waals surface area contributed by atoms with Gasteiger partial charge in [0, 0.05) is 16.8 Å². The number of benzene rings is 2. The number of ether oxygens (including phenoxy) is 1. The standard InChI is InChI=1S/C14H15ClN2O/c1-9-3-4-10(15)7-14(9)17-13-6-5-11(18-2)8-12(13)16/h3-8,17H,16H2,1-2H3. The summed E-state index contributed by atoms with van der Waals surface area (Å²) < 4.78 is 5.11. The average molecular weight is 263 g/mol. The number of nitrogen functional groups attached to an aromatic ring is 1. The molecule has 0 bridgehead atoms. The van der Waals surface area contributed by atoms with Crippen LogP contribution in [0.2, 0.25) is 5.02 Å². The van der Waals surface area contributed by atoms with Crippen molar-refractivity contribution in [1.82, 2.24) is 0 Å². The summed E-state index contributed by atoms with van der Waals surface area (Å²) in [6.45, 7) is 2.01. The minimum absolute atomic E-state index is 0.633. The van der Waals surface area contributed by atoms with E-state index in [-0.39, 0.29) is 0 Å². The second kappa shape index (κ2) is 5.19. The molecule has 0 aromatic heterocycles. The van der Waals surface area contributed by atoms with Crippen molar-refractivity contribution in [3.63, 3.8) is 0 Å². The van der Waals surface area contributed by atoms with Gasteiger partial charge in [-0.15, -0.1) is 0 Å². The molecule has 0 saturated carbocycles. The molecule has 0 fully saturated rings. The number of methoxy groups -OCH3 is 1. The van der Waals surface area contributed by atoms with E-state index in [1.807, 2.05) is 37.3 Å². The van der Waals surface area contributed by atoms with E-state index in [4.69, 9.17) is 22.1 Å². The van der Waals surface area contributed by atoms with Crippen LogP contribution in [0.25, 0.3) is 0 Å². The highest BCUT2D eigenvalue weighted by Gasteiger charge is 2.04. The summed E-state index contributed by atoms with van der Waals surface area (Å²) in [4.78, 5) is 0. The molecule has 0 heterocycles. The number of halogens is 1. The van der Waals surface area contributed by atoms with E-state index in [0.29, 0.717) is 10.7 Å². The Morgan fingerprint density at radius 1 is 1.11 bits per heavy atom. The summed E-state index contributed by atoms with van der Waals surface area (Å²) in [5.74, 6) is 0.737. The number of anilines is 3. The van der Waals surface area contributed by atoms with Crippen LogP contribution in [0.5, 0.6) is 5.75 Å². The zero-order chi connectivity index (χ0) is 13.1. The van der Waals surface area contributed by atoms with Crippen molar-refractivity contribution in [3.8, 4) is 5.75 Å². The molecule has 94 valence electrons. The van der Waals surface area contributed by atoms with E-state index in [1.165, 1.54) is 0 Å². The SMILES string of the molecule is COc1ccc(Nc2cc(Cl)ccc2C)c(N)c1. The lowest BCUT2D eigenvalue weighted by Crippen LogP contribution is -1.98. The molecule has 2 aromatic carbocycles. The quantitative estimate of drug-likeness (QED) is 0.823. The fourth-order valence-electron chi connectivity index (χ4n) is 1.66. The Bertz CT molecular complexity index is 570. The topological polar surface area (TPSA) is 47.3 Å². The van der Waals surface area contributed by atoms with Crippen molar-refractivity contribution in [1.29, 1.82) is 0 Å². The number of aryl methyl sites for hydroxylation is 1. The molecule has 0 spiro atoms. The van der Waals surface area contributed by atoms with Crippen LogP contribution in [0.3, 0.4) is 0 Å². The van der Waals surface area contributed by atoms with E-state index in [9.17, 15) is 0 Å². The van der Waals surface area contributed by atoms with Gasteiger partial charge in [-0.1, -0.05) is 17.7 Å². The van der Waals surface area contributed by atoms with E-state index in [1.54, 1.807) is 13.2 Å². The normalized spacial score (nSPS) is 10.2. The molecule has 3 nitrogen and oxygen atoms in total. The molecule has 0 aliphatic heterocycles. The third kappa shape index (κ3) is 2.68. The third-order valence-corrected chi connectivity index (χ3v) is 2.96. The first-order chi connectivity index (χ1) is 8.60. The van der Waals surface area contributed by atoms with Crippen LogP contribution in [-0.4, -0.2) is 7.11 Å². The maximum absolute atomic E-state index is 5.98. The van der Waals surface area contributed by atoms with Crippen molar-refractivity contribution in [2.75, 3.05) is 18.2 Å². The highest BCUT2D eigenvalue weighted by Crippen LogP contribution is 2.29. The molecular weight excluding hydrogens is 248 g/mol. The number of nitrogens with two attached hydrogens (primary N) is 1. The van der Waals surface area contributed by atoms with Gasteiger partial charge in [-0.25, -0.2) is 0 Å². The van der Waals surface area contributed by atoms with Gasteiger partial charge in [0.1, 0.15) is 5.75 Å². The number of hydrogen-bond donors (Lipinski definition) is 2. The Balaban J connectivity index is 2.31. The predicted molar refractivity (Wildman–Crippen MR) is 76.9 cm³/mol. The zero-order valence-corrected chi connectivity index (χ0v) is 11.1. The van der Waals surface area contributed by atoms with Crippen molar-refractivity contribution in [2.45, 2.75) is 6.92 Å². The van der Waals surface area contributed by atoms with Crippen molar-refractivity contribution >= 4 is 28.7 Å². The Labute approximate surface area is 112 Å². The van der Waals surface area contributed by atoms with Crippen LogP contribution in [-0.2, 0) is 0 Å². The monoisotopic (exact) mass is 262 g/mol. The molecule has 3 N–H and O–H groups in total. The Kier molecular flexibility index (Phi) is 3.63. The molecule has 0 aliphatic carbocycles. The summed E-state index contributed by atoms with van der Waals surface area (Å²) >= 11 is 5.98. The van der Waals surface area contributed by atoms with Gasteiger partial charge >= 0.3 is 0 Å². The first-order valence-electron chi connectivity index (χ1n) is 5.57. The Morgan fingerprint density at radius 3 is 2.56 bits per heavy atom. The summed E-state index contributed by atoms with van der Waals surface area (Å²) in [6.07, 6.45) is 0. The van der Waals surface area contributed by atoms with Gasteiger partial charge in [0.15, 0.2) is 0 Å². The van der Waals surface area contributed by atoms with Gasteiger partial charge in [0.25, 0.3) is 0 Å². The number of nitrogens with one attached hydrogen (secondary N) is 1. The van der Waals surface area contributed by atoms with Crippen molar-refractivity contribution in [2.24, 2.45) is 0 Å². The fourth-order valence-corrected chi connectivity index (χ4v) is 1.83. The molecule has 18 heavy (non-hydrogen) atoms. The van der Waals surface area contributed by atoms with Crippen LogP contribution < -0.4 is 15.8 Å². The van der Waals surface area contributed by atoms with E-state index >= 15 is 0 Å². The van der Waals surface area contributed by atoms with Gasteiger partial charge in [-0.05, 0) is 36.8 Å². The van der Waals surface area contributed by atoms with Gasteiger partial charge in [-0.3, -0.25) is 0 Å². The van der Waals surface area contributed by atoms with E-state index in [2.05, 4.69) is 5.32 Å². The van der Waals surface area contributed by atoms with Crippen molar-refractivity contribution in [3.05, 3.63) is 47.0 Å². The minimum Gasteiger partial charge on any atom is -0.497 e. The zero-order valence-electron chi connectivity index (χ0n) is 10.3. The highest BCUT2D eigenvalue weighted by atomic mass is 35.5. The molecule has 0 radical (unpaired) electrons. The molecule has 0 aliphatic rings. The van der Waals surface area contributed by atoms with Crippen LogP contribution in [0, 0.1) is 6.92 Å². The summed E-state index contributed by atoms with van der Waals surface area (Å²) in [5, 5.41) is 3.96. The summed E-state index contributed by atoms with van der Waals surface area (Å²) in [7, 11) is 1.61. The van der Waals surface area contributed by atoms with E-state index < -0.39 is 0 Å².